The number of ether oxygens (including phenoxy) is 1. The summed E-state index contributed by atoms with van der Waals surface area (Å²) in [6.45, 7) is 0. The zero-order chi connectivity index (χ0) is 12.5. The van der Waals surface area contributed by atoms with Gasteiger partial charge in [0.05, 0.1) is 0 Å². The van der Waals surface area contributed by atoms with Gasteiger partial charge >= 0.3 is 6.18 Å². The molecular weight excluding hydrogens is 255 g/mol. The van der Waals surface area contributed by atoms with Crippen LogP contribution in [0.1, 0.15) is 5.01 Å². The van der Waals surface area contributed by atoms with Crippen molar-refractivity contribution in [1.82, 2.24) is 10.2 Å². The van der Waals surface area contributed by atoms with E-state index in [1.807, 2.05) is 0 Å². The number of nitrogens with two attached hydrogens (primary N) is 1. The smallest absolute Gasteiger partial charge is 0.430 e. The van der Waals surface area contributed by atoms with Gasteiger partial charge in [-0.1, -0.05) is 16.4 Å². The number of nitrogen functional groups attached to an aromatic ring is 1. The molecule has 0 unspecified atom stereocenters. The van der Waals surface area contributed by atoms with Gasteiger partial charge in [-0.15, -0.1) is 5.10 Å². The van der Waals surface area contributed by atoms with Gasteiger partial charge in [-0.25, -0.2) is 0 Å². The number of benzene rings is 1. The molecule has 4 nitrogen and oxygen atoms in total. The number of nitrogens with zero attached hydrogens (tertiary/aromatic N) is 2. The van der Waals surface area contributed by atoms with Gasteiger partial charge in [-0.05, 0) is 24.3 Å². The molecule has 0 saturated heterocycles. The van der Waals surface area contributed by atoms with Crippen LogP contribution in [0.2, 0.25) is 0 Å². The van der Waals surface area contributed by atoms with Gasteiger partial charge in [0.25, 0.3) is 5.19 Å². The van der Waals surface area contributed by atoms with E-state index in [1.54, 1.807) is 12.1 Å². The molecule has 1 aromatic heterocycles. The Labute approximate surface area is 97.9 Å². The molecule has 1 heterocycles. The molecule has 90 valence electrons. The lowest BCUT2D eigenvalue weighted by Gasteiger charge is -2.00. The lowest BCUT2D eigenvalue weighted by Crippen LogP contribution is -2.03. The average molecular weight is 261 g/mol. The predicted molar refractivity (Wildman–Crippen MR) is 55.8 cm³/mol. The predicted octanol–water partition coefficient (Wildman–Crippen LogP) is 2.93. The third kappa shape index (κ3) is 2.84. The number of aromatic nitrogens is 2. The standard InChI is InChI=1S/C9H6F3N3OS/c10-9(11,12)7-14-15-8(17-7)16-6-3-1-5(13)2-4-6/h1-4H,13H2. The highest BCUT2D eigenvalue weighted by atomic mass is 32.1. The first kappa shape index (κ1) is 11.6. The highest BCUT2D eigenvalue weighted by Gasteiger charge is 2.36. The number of hydrogen-bond acceptors (Lipinski definition) is 5. The Hall–Kier alpha value is -1.83. The Kier molecular flexibility index (Phi) is 2.88. The number of hydrogen-bond donors (Lipinski definition) is 1. The lowest BCUT2D eigenvalue weighted by molar-refractivity contribution is -0.138. The van der Waals surface area contributed by atoms with Crippen molar-refractivity contribution in [2.75, 3.05) is 5.73 Å². The van der Waals surface area contributed by atoms with Crippen LogP contribution in [0.25, 0.3) is 0 Å². The number of anilines is 1. The molecule has 0 aliphatic heterocycles. The first-order valence-corrected chi connectivity index (χ1v) is 5.21. The van der Waals surface area contributed by atoms with E-state index in [0.29, 0.717) is 22.8 Å². The third-order valence-corrected chi connectivity index (χ3v) is 2.58. The molecule has 2 aromatic rings. The van der Waals surface area contributed by atoms with Crippen LogP contribution in [0, 0.1) is 0 Å². The minimum Gasteiger partial charge on any atom is -0.430 e. The Balaban J connectivity index is 2.14. The van der Waals surface area contributed by atoms with Crippen molar-refractivity contribution in [3.63, 3.8) is 0 Å². The second-order valence-electron chi connectivity index (χ2n) is 3.04. The Morgan fingerprint density at radius 3 is 2.29 bits per heavy atom. The van der Waals surface area contributed by atoms with Gasteiger partial charge in [0.15, 0.2) is 0 Å². The SMILES string of the molecule is Nc1ccc(Oc2nnc(C(F)(F)F)s2)cc1. The van der Waals surface area contributed by atoms with Crippen molar-refractivity contribution in [3.05, 3.63) is 29.3 Å². The molecule has 8 heteroatoms. The summed E-state index contributed by atoms with van der Waals surface area (Å²) in [6.07, 6.45) is -4.50. The van der Waals surface area contributed by atoms with Crippen LogP contribution < -0.4 is 10.5 Å². The average Bonchev–Trinajstić information content (AvgIpc) is 2.69. The van der Waals surface area contributed by atoms with Crippen LogP contribution in [0.4, 0.5) is 18.9 Å². The van der Waals surface area contributed by atoms with Crippen LogP contribution in [0.5, 0.6) is 10.9 Å². The van der Waals surface area contributed by atoms with E-state index in [4.69, 9.17) is 10.5 Å². The van der Waals surface area contributed by atoms with E-state index in [0.717, 1.165) is 0 Å². The maximum Gasteiger partial charge on any atom is 0.445 e. The van der Waals surface area contributed by atoms with Crippen LogP contribution >= 0.6 is 11.3 Å². The minimum atomic E-state index is -4.50. The van der Waals surface area contributed by atoms with Crippen LogP contribution in [-0.2, 0) is 6.18 Å². The number of alkyl halides is 3. The molecule has 0 fully saturated rings. The molecule has 0 bridgehead atoms. The molecule has 0 aliphatic rings. The van der Waals surface area contributed by atoms with Gasteiger partial charge in [-0.3, -0.25) is 0 Å². The molecular formula is C9H6F3N3OS. The van der Waals surface area contributed by atoms with Crippen molar-refractivity contribution >= 4 is 17.0 Å². The van der Waals surface area contributed by atoms with E-state index in [1.165, 1.54) is 12.1 Å². The van der Waals surface area contributed by atoms with Gasteiger partial charge < -0.3 is 10.5 Å². The zero-order valence-electron chi connectivity index (χ0n) is 8.23. The first-order chi connectivity index (χ1) is 7.95. The van der Waals surface area contributed by atoms with E-state index in [-0.39, 0.29) is 5.19 Å². The highest BCUT2D eigenvalue weighted by molar-refractivity contribution is 7.13. The molecule has 2 rings (SSSR count). The second-order valence-corrected chi connectivity index (χ2v) is 3.98. The monoisotopic (exact) mass is 261 g/mol. The summed E-state index contributed by atoms with van der Waals surface area (Å²) in [5.74, 6) is 0.351. The summed E-state index contributed by atoms with van der Waals surface area (Å²) < 4.78 is 41.8. The Morgan fingerprint density at radius 1 is 1.12 bits per heavy atom. The summed E-state index contributed by atoms with van der Waals surface area (Å²) in [7, 11) is 0. The molecule has 0 spiro atoms. The highest BCUT2D eigenvalue weighted by Crippen LogP contribution is 2.35. The molecule has 0 saturated carbocycles. The molecule has 1 aromatic carbocycles. The molecule has 0 amide bonds. The molecule has 0 atom stereocenters. The van der Waals surface area contributed by atoms with Crippen LogP contribution in [-0.4, -0.2) is 10.2 Å². The van der Waals surface area contributed by atoms with E-state index < -0.39 is 11.2 Å². The Bertz CT molecular complexity index is 509. The van der Waals surface area contributed by atoms with Gasteiger partial charge in [0, 0.05) is 5.69 Å². The van der Waals surface area contributed by atoms with Crippen LogP contribution in [0.3, 0.4) is 0 Å². The molecule has 17 heavy (non-hydrogen) atoms. The summed E-state index contributed by atoms with van der Waals surface area (Å²) >= 11 is 0.338. The van der Waals surface area contributed by atoms with E-state index in [9.17, 15) is 13.2 Å². The summed E-state index contributed by atoms with van der Waals surface area (Å²) in [6, 6.07) is 6.20. The van der Waals surface area contributed by atoms with Crippen molar-refractivity contribution in [1.29, 1.82) is 0 Å². The first-order valence-electron chi connectivity index (χ1n) is 4.39. The molecule has 0 radical (unpaired) electrons. The third-order valence-electron chi connectivity index (χ3n) is 1.73. The Morgan fingerprint density at radius 2 is 1.76 bits per heavy atom. The number of rotatable bonds is 2. The van der Waals surface area contributed by atoms with E-state index >= 15 is 0 Å². The van der Waals surface area contributed by atoms with Crippen molar-refractivity contribution in [2.45, 2.75) is 6.18 Å². The number of halogens is 3. The van der Waals surface area contributed by atoms with Gasteiger partial charge in [0.2, 0.25) is 5.01 Å². The fraction of sp³-hybridized carbons (Fsp3) is 0.111. The quantitative estimate of drug-likeness (QED) is 0.844. The second kappa shape index (κ2) is 4.21. The minimum absolute atomic E-state index is 0.165. The zero-order valence-corrected chi connectivity index (χ0v) is 9.05. The maximum absolute atomic E-state index is 12.2. The van der Waals surface area contributed by atoms with Crippen molar-refractivity contribution in [3.8, 4) is 10.9 Å². The lowest BCUT2D eigenvalue weighted by atomic mass is 10.3. The van der Waals surface area contributed by atoms with Crippen molar-refractivity contribution in [2.24, 2.45) is 0 Å². The summed E-state index contributed by atoms with van der Waals surface area (Å²) in [5, 5.41) is 5.09. The maximum atomic E-state index is 12.2. The topological polar surface area (TPSA) is 61.0 Å². The van der Waals surface area contributed by atoms with E-state index in [2.05, 4.69) is 10.2 Å². The summed E-state index contributed by atoms with van der Waals surface area (Å²) in [4.78, 5) is 0. The summed E-state index contributed by atoms with van der Waals surface area (Å²) in [5.41, 5.74) is 5.98. The van der Waals surface area contributed by atoms with Crippen molar-refractivity contribution < 1.29 is 17.9 Å². The molecule has 0 aliphatic carbocycles. The molecule has 2 N–H and O–H groups in total. The van der Waals surface area contributed by atoms with Gasteiger partial charge in [-0.2, -0.15) is 13.2 Å². The normalized spacial score (nSPS) is 11.5. The van der Waals surface area contributed by atoms with Crippen LogP contribution in [0.15, 0.2) is 24.3 Å². The van der Waals surface area contributed by atoms with Gasteiger partial charge in [0.1, 0.15) is 5.75 Å². The fourth-order valence-electron chi connectivity index (χ4n) is 1.00. The fourth-order valence-corrected chi connectivity index (χ4v) is 1.58. The largest absolute Gasteiger partial charge is 0.445 e.